The summed E-state index contributed by atoms with van der Waals surface area (Å²) < 4.78 is 6.77. The van der Waals surface area contributed by atoms with Crippen LogP contribution in [0.25, 0.3) is 10.9 Å². The van der Waals surface area contributed by atoms with Crippen molar-refractivity contribution in [2.45, 2.75) is 45.8 Å². The topological polar surface area (TPSA) is 127 Å². The van der Waals surface area contributed by atoms with Gasteiger partial charge in [-0.1, -0.05) is 34.8 Å². The van der Waals surface area contributed by atoms with Crippen LogP contribution >= 0.6 is 34.8 Å². The van der Waals surface area contributed by atoms with Crippen molar-refractivity contribution < 1.29 is 24.5 Å². The fraction of sp³-hybridized carbons (Fsp3) is 0.290. The van der Waals surface area contributed by atoms with Crippen molar-refractivity contribution in [3.05, 3.63) is 92.0 Å². The van der Waals surface area contributed by atoms with Crippen molar-refractivity contribution in [1.29, 1.82) is 0 Å². The molecule has 0 bridgehead atoms. The lowest BCUT2D eigenvalue weighted by Gasteiger charge is -2.23. The Balaban J connectivity index is 0.000000250. The number of nitrogens with two attached hydrogens (primary N) is 1. The molecule has 224 valence electrons. The lowest BCUT2D eigenvalue weighted by Crippen LogP contribution is -2.38. The number of aliphatic carboxylic acids is 1. The zero-order chi connectivity index (χ0) is 31.4. The summed E-state index contributed by atoms with van der Waals surface area (Å²) >= 11 is 17.7. The first-order valence-electron chi connectivity index (χ1n) is 13.0. The number of hydrogen-bond acceptors (Lipinski definition) is 6. The number of rotatable bonds is 7. The molecule has 1 heterocycles. The number of nitrogens with zero attached hydrogens (tertiary/aromatic N) is 1. The maximum atomic E-state index is 13.0. The molecule has 0 saturated heterocycles. The van der Waals surface area contributed by atoms with Gasteiger partial charge < -0.3 is 26.0 Å². The van der Waals surface area contributed by atoms with Gasteiger partial charge in [0.15, 0.2) is 0 Å². The molecule has 1 unspecified atom stereocenters. The number of aliphatic hydroxyl groups is 1. The Hall–Kier alpha value is -3.27. The van der Waals surface area contributed by atoms with E-state index in [0.29, 0.717) is 66.3 Å². The third-order valence-corrected chi connectivity index (χ3v) is 7.35. The van der Waals surface area contributed by atoms with Gasteiger partial charge >= 0.3 is 5.97 Å². The summed E-state index contributed by atoms with van der Waals surface area (Å²) in [5.74, 6) is -0.583. The maximum absolute atomic E-state index is 13.0. The Morgan fingerprint density at radius 3 is 2.14 bits per heavy atom. The van der Waals surface area contributed by atoms with Gasteiger partial charge in [-0.25, -0.2) is 0 Å². The normalized spacial score (nSPS) is 12.0. The zero-order valence-electron chi connectivity index (χ0n) is 24.0. The number of carbonyl (C=O) groups is 2. The molecular weight excluding hydrogens is 601 g/mol. The van der Waals surface area contributed by atoms with Gasteiger partial charge in [0.1, 0.15) is 5.75 Å². The second-order valence-corrected chi connectivity index (χ2v) is 12.0. The minimum atomic E-state index is -0.955. The summed E-state index contributed by atoms with van der Waals surface area (Å²) in [6.07, 6.45) is -0.832. The SMILES string of the molecule is CC(C)(C)NCC(O)c1cc(Cl)c(N)c(Cl)c1.COc1ccc2c(c1)c(CC(=O)O)c(C)n2C(=O)c1ccc(Cl)cc1. The average molecular weight is 635 g/mol. The van der Waals surface area contributed by atoms with E-state index in [-0.39, 0.29) is 17.9 Å². The number of carboxylic acids is 1. The molecule has 5 N–H and O–H groups in total. The van der Waals surface area contributed by atoms with E-state index < -0.39 is 12.1 Å². The van der Waals surface area contributed by atoms with Gasteiger partial charge in [-0.15, -0.1) is 0 Å². The predicted molar refractivity (Wildman–Crippen MR) is 169 cm³/mol. The molecule has 0 aliphatic heterocycles. The molecule has 4 rings (SSSR count). The molecule has 42 heavy (non-hydrogen) atoms. The van der Waals surface area contributed by atoms with Crippen molar-refractivity contribution in [1.82, 2.24) is 9.88 Å². The number of β-amino-alcohol motifs (C(OH)–C–C–N with tert-alkyl or cyclic N) is 1. The number of nitrogen functional groups attached to an aromatic ring is 1. The first-order chi connectivity index (χ1) is 19.6. The van der Waals surface area contributed by atoms with Crippen LogP contribution < -0.4 is 15.8 Å². The minimum Gasteiger partial charge on any atom is -0.497 e. The number of benzene rings is 3. The highest BCUT2D eigenvalue weighted by atomic mass is 35.5. The lowest BCUT2D eigenvalue weighted by atomic mass is 10.1. The molecule has 0 spiro atoms. The second-order valence-electron chi connectivity index (χ2n) is 10.7. The fourth-order valence-corrected chi connectivity index (χ4v) is 4.89. The van der Waals surface area contributed by atoms with Gasteiger partial charge in [-0.3, -0.25) is 14.2 Å². The average Bonchev–Trinajstić information content (AvgIpc) is 3.19. The molecule has 8 nitrogen and oxygen atoms in total. The van der Waals surface area contributed by atoms with Gasteiger partial charge in [0.05, 0.1) is 40.9 Å². The van der Waals surface area contributed by atoms with Crippen molar-refractivity contribution in [3.8, 4) is 5.75 Å². The van der Waals surface area contributed by atoms with Crippen molar-refractivity contribution in [2.24, 2.45) is 0 Å². The Bertz CT molecular complexity index is 1570. The smallest absolute Gasteiger partial charge is 0.307 e. The number of fused-ring (bicyclic) bond motifs is 1. The standard InChI is InChI=1S/C19H16ClNO4.C12H18Cl2N2O/c1-11-15(10-18(22)23)16-9-14(25-2)7-8-17(16)21(11)19(24)12-3-5-13(20)6-4-12;1-12(2,3)16-6-10(17)7-4-8(13)11(15)9(14)5-7/h3-9H,10H2,1-2H3,(H,22,23);4-5,10,16-17H,6,15H2,1-3H3. The molecule has 0 radical (unpaired) electrons. The van der Waals surface area contributed by atoms with Crippen molar-refractivity contribution in [2.75, 3.05) is 19.4 Å². The number of carboxylic acid groups (broad SMARTS) is 1. The molecule has 0 saturated carbocycles. The number of carbonyl (C=O) groups excluding carboxylic acids is 1. The summed E-state index contributed by atoms with van der Waals surface area (Å²) in [5, 5.41) is 24.4. The summed E-state index contributed by atoms with van der Waals surface area (Å²) in [6.45, 7) is 8.27. The molecule has 0 aliphatic carbocycles. The minimum absolute atomic E-state index is 0.0532. The first-order valence-corrected chi connectivity index (χ1v) is 14.1. The molecule has 1 atom stereocenters. The number of ether oxygens (including phenoxy) is 1. The van der Waals surface area contributed by atoms with E-state index in [2.05, 4.69) is 5.32 Å². The van der Waals surface area contributed by atoms with Gasteiger partial charge in [-0.05, 0) is 93.4 Å². The van der Waals surface area contributed by atoms with Gasteiger partial charge in [0.2, 0.25) is 0 Å². The number of anilines is 1. The fourth-order valence-electron chi connectivity index (χ4n) is 4.26. The molecular formula is C31H34Cl3N3O5. The van der Waals surface area contributed by atoms with Crippen LogP contribution in [0.15, 0.2) is 54.6 Å². The predicted octanol–water partition coefficient (Wildman–Crippen LogP) is 6.92. The number of halogens is 3. The number of methoxy groups -OCH3 is 1. The summed E-state index contributed by atoms with van der Waals surface area (Å²) in [4.78, 5) is 24.3. The quantitative estimate of drug-likeness (QED) is 0.163. The number of aromatic nitrogens is 1. The number of hydrogen-bond donors (Lipinski definition) is 4. The number of aliphatic hydroxyl groups excluding tert-OH is 1. The summed E-state index contributed by atoms with van der Waals surface area (Å²) in [5.41, 5.74) is 8.90. The molecule has 4 aromatic rings. The summed E-state index contributed by atoms with van der Waals surface area (Å²) in [7, 11) is 1.54. The molecule has 3 aromatic carbocycles. The highest BCUT2D eigenvalue weighted by Crippen LogP contribution is 2.32. The Kier molecular flexibility index (Phi) is 10.9. The van der Waals surface area contributed by atoms with Crippen LogP contribution in [0.1, 0.15) is 54.1 Å². The maximum Gasteiger partial charge on any atom is 0.307 e. The van der Waals surface area contributed by atoms with Gasteiger partial charge in [0, 0.05) is 33.7 Å². The molecule has 0 aliphatic rings. The van der Waals surface area contributed by atoms with Gasteiger partial charge in [-0.2, -0.15) is 0 Å². The third kappa shape index (κ3) is 8.18. The van der Waals surface area contributed by atoms with Crippen LogP contribution in [-0.4, -0.2) is 45.9 Å². The highest BCUT2D eigenvalue weighted by molar-refractivity contribution is 6.38. The van der Waals surface area contributed by atoms with Crippen molar-refractivity contribution in [3.63, 3.8) is 0 Å². The van der Waals surface area contributed by atoms with E-state index in [4.69, 9.17) is 45.3 Å². The lowest BCUT2D eigenvalue weighted by molar-refractivity contribution is -0.136. The molecule has 11 heteroatoms. The second kappa shape index (κ2) is 13.8. The Morgan fingerprint density at radius 1 is 1.02 bits per heavy atom. The van der Waals surface area contributed by atoms with E-state index >= 15 is 0 Å². The van der Waals surface area contributed by atoms with Crippen LogP contribution in [0, 0.1) is 6.92 Å². The van der Waals surface area contributed by atoms with Gasteiger partial charge in [0.25, 0.3) is 5.91 Å². The molecule has 0 fully saturated rings. The van der Waals surface area contributed by atoms with Crippen LogP contribution in [0.4, 0.5) is 5.69 Å². The highest BCUT2D eigenvalue weighted by Gasteiger charge is 2.22. The van der Waals surface area contributed by atoms with Crippen LogP contribution in [0.3, 0.4) is 0 Å². The molecule has 1 aromatic heterocycles. The van der Waals surface area contributed by atoms with Crippen LogP contribution in [-0.2, 0) is 11.2 Å². The molecule has 0 amide bonds. The third-order valence-electron chi connectivity index (χ3n) is 6.48. The van der Waals surface area contributed by atoms with Crippen LogP contribution in [0.2, 0.25) is 15.1 Å². The van der Waals surface area contributed by atoms with E-state index in [1.54, 1.807) is 68.6 Å². The van der Waals surface area contributed by atoms with E-state index in [9.17, 15) is 19.8 Å². The monoisotopic (exact) mass is 633 g/mol. The zero-order valence-corrected chi connectivity index (χ0v) is 26.2. The summed E-state index contributed by atoms with van der Waals surface area (Å²) in [6, 6.07) is 15.1. The largest absolute Gasteiger partial charge is 0.497 e. The van der Waals surface area contributed by atoms with E-state index in [1.165, 1.54) is 4.57 Å². The van der Waals surface area contributed by atoms with Crippen molar-refractivity contribution >= 4 is 63.3 Å². The Labute approximate surface area is 259 Å². The number of nitrogens with one attached hydrogen (secondary N) is 1. The van der Waals surface area contributed by atoms with E-state index in [1.807, 2.05) is 20.8 Å². The van der Waals surface area contributed by atoms with E-state index in [0.717, 1.165) is 0 Å². The Morgan fingerprint density at radius 2 is 1.62 bits per heavy atom. The van der Waals surface area contributed by atoms with Crippen LogP contribution in [0.5, 0.6) is 5.75 Å². The first kappa shape index (κ1) is 33.2.